The Morgan fingerprint density at radius 1 is 1.48 bits per heavy atom. The van der Waals surface area contributed by atoms with Gasteiger partial charge in [-0.05, 0) is 32.0 Å². The van der Waals surface area contributed by atoms with E-state index < -0.39 is 0 Å². The molecule has 1 unspecified atom stereocenters. The number of carbonyl (C=O) groups is 1. The van der Waals surface area contributed by atoms with Gasteiger partial charge in [-0.2, -0.15) is 0 Å². The number of hydrogen-bond acceptors (Lipinski definition) is 5. The van der Waals surface area contributed by atoms with E-state index in [2.05, 4.69) is 20.8 Å². The van der Waals surface area contributed by atoms with E-state index in [1.54, 1.807) is 24.5 Å². The van der Waals surface area contributed by atoms with Gasteiger partial charge in [-0.15, -0.1) is 10.2 Å². The fraction of sp³-hybridized carbons (Fsp3) is 0.357. The highest BCUT2D eigenvalue weighted by molar-refractivity contribution is 6.00. The molecule has 0 bridgehead atoms. The topological polar surface area (TPSA) is 97.9 Å². The molecule has 21 heavy (non-hydrogen) atoms. The van der Waals surface area contributed by atoms with Crippen molar-refractivity contribution in [2.75, 3.05) is 17.6 Å². The number of nitrogens with one attached hydrogen (secondary N) is 2. The van der Waals surface area contributed by atoms with E-state index in [0.717, 1.165) is 5.82 Å². The predicted molar refractivity (Wildman–Crippen MR) is 81.9 cm³/mol. The van der Waals surface area contributed by atoms with Crippen molar-refractivity contribution in [2.24, 2.45) is 7.05 Å². The Balaban J connectivity index is 2.28. The van der Waals surface area contributed by atoms with Crippen LogP contribution >= 0.6 is 0 Å². The zero-order valence-corrected chi connectivity index (χ0v) is 12.4. The highest BCUT2D eigenvalue weighted by Gasteiger charge is 2.16. The molecule has 7 nitrogen and oxygen atoms in total. The first-order chi connectivity index (χ1) is 10.0. The molecular weight excluding hydrogens is 268 g/mol. The van der Waals surface area contributed by atoms with Crippen molar-refractivity contribution in [2.45, 2.75) is 19.9 Å². The molecule has 1 aromatic heterocycles. The van der Waals surface area contributed by atoms with E-state index in [0.29, 0.717) is 23.5 Å². The molecule has 0 aliphatic heterocycles. The van der Waals surface area contributed by atoms with E-state index in [1.165, 1.54) is 0 Å². The fourth-order valence-electron chi connectivity index (χ4n) is 2.12. The Morgan fingerprint density at radius 2 is 2.24 bits per heavy atom. The monoisotopic (exact) mass is 288 g/mol. The van der Waals surface area contributed by atoms with Crippen LogP contribution < -0.4 is 16.4 Å². The summed E-state index contributed by atoms with van der Waals surface area (Å²) in [6.45, 7) is 4.40. The summed E-state index contributed by atoms with van der Waals surface area (Å²) in [5.74, 6) is 0.643. The number of rotatable bonds is 5. The molecule has 0 aliphatic rings. The highest BCUT2D eigenvalue weighted by atomic mass is 16.1. The number of nitrogens with two attached hydrogens (primary N) is 1. The van der Waals surface area contributed by atoms with E-state index in [4.69, 9.17) is 5.73 Å². The lowest BCUT2D eigenvalue weighted by Gasteiger charge is -2.17. The van der Waals surface area contributed by atoms with Crippen molar-refractivity contribution in [3.63, 3.8) is 0 Å². The molecular formula is C14H20N6O. The second-order valence-electron chi connectivity index (χ2n) is 4.83. The number of aryl methyl sites for hydroxylation is 1. The molecule has 0 saturated heterocycles. The van der Waals surface area contributed by atoms with E-state index in [1.807, 2.05) is 25.5 Å². The zero-order valence-electron chi connectivity index (χ0n) is 12.4. The van der Waals surface area contributed by atoms with Crippen LogP contribution in [-0.4, -0.2) is 27.2 Å². The Kier molecular flexibility index (Phi) is 4.42. The van der Waals surface area contributed by atoms with Gasteiger partial charge in [0.05, 0.1) is 11.6 Å². The second kappa shape index (κ2) is 6.25. The second-order valence-corrected chi connectivity index (χ2v) is 4.83. The van der Waals surface area contributed by atoms with Gasteiger partial charge in [-0.25, -0.2) is 0 Å². The molecule has 1 amide bonds. The molecule has 1 aromatic carbocycles. The summed E-state index contributed by atoms with van der Waals surface area (Å²) in [5, 5.41) is 14.0. The molecule has 2 rings (SSSR count). The molecule has 0 spiro atoms. The first-order valence-corrected chi connectivity index (χ1v) is 6.81. The molecule has 7 heteroatoms. The Labute approximate surface area is 123 Å². The van der Waals surface area contributed by atoms with Gasteiger partial charge in [0.25, 0.3) is 5.91 Å². The minimum atomic E-state index is -0.134. The number of amides is 1. The average Bonchev–Trinajstić information content (AvgIpc) is 2.85. The number of nitrogen functional groups attached to an aromatic ring is 1. The maximum atomic E-state index is 12.1. The number of benzene rings is 1. The maximum Gasteiger partial charge on any atom is 0.253 e. The molecule has 0 aliphatic carbocycles. The average molecular weight is 288 g/mol. The number of anilines is 2. The van der Waals surface area contributed by atoms with Gasteiger partial charge < -0.3 is 20.9 Å². The first-order valence-electron chi connectivity index (χ1n) is 6.81. The largest absolute Gasteiger partial charge is 0.399 e. The molecule has 0 saturated carbocycles. The van der Waals surface area contributed by atoms with Gasteiger partial charge in [-0.1, -0.05) is 0 Å². The third-order valence-corrected chi connectivity index (χ3v) is 3.13. The summed E-state index contributed by atoms with van der Waals surface area (Å²) in [6, 6.07) is 5.07. The molecule has 0 radical (unpaired) electrons. The van der Waals surface area contributed by atoms with Crippen LogP contribution in [0.25, 0.3) is 0 Å². The third kappa shape index (κ3) is 3.31. The lowest BCUT2D eigenvalue weighted by Crippen LogP contribution is -2.24. The Bertz CT molecular complexity index is 636. The van der Waals surface area contributed by atoms with E-state index >= 15 is 0 Å². The lowest BCUT2D eigenvalue weighted by molar-refractivity contribution is 0.0956. The maximum absolute atomic E-state index is 12.1. The lowest BCUT2D eigenvalue weighted by atomic mass is 10.1. The van der Waals surface area contributed by atoms with E-state index in [-0.39, 0.29) is 11.9 Å². The van der Waals surface area contributed by atoms with Crippen LogP contribution in [0.5, 0.6) is 0 Å². The van der Waals surface area contributed by atoms with Crippen LogP contribution in [0, 0.1) is 0 Å². The Morgan fingerprint density at radius 3 is 2.86 bits per heavy atom. The van der Waals surface area contributed by atoms with Crippen molar-refractivity contribution < 1.29 is 4.79 Å². The SMILES string of the molecule is CCNC(=O)c1ccc(N)cc1NC(C)c1nncn1C. The van der Waals surface area contributed by atoms with Crippen LogP contribution in [-0.2, 0) is 7.05 Å². The van der Waals surface area contributed by atoms with E-state index in [9.17, 15) is 4.79 Å². The number of aromatic nitrogens is 3. The summed E-state index contributed by atoms with van der Waals surface area (Å²) in [5.41, 5.74) is 7.65. The molecule has 1 heterocycles. The fourth-order valence-corrected chi connectivity index (χ4v) is 2.12. The van der Waals surface area contributed by atoms with Crippen LogP contribution in [0.1, 0.15) is 36.1 Å². The van der Waals surface area contributed by atoms with Crippen LogP contribution in [0.3, 0.4) is 0 Å². The number of carbonyl (C=O) groups excluding carboxylic acids is 1. The van der Waals surface area contributed by atoms with Crippen molar-refractivity contribution in [3.05, 3.63) is 35.9 Å². The summed E-state index contributed by atoms with van der Waals surface area (Å²) < 4.78 is 1.83. The summed E-state index contributed by atoms with van der Waals surface area (Å²) in [6.07, 6.45) is 1.64. The summed E-state index contributed by atoms with van der Waals surface area (Å²) >= 11 is 0. The van der Waals surface area contributed by atoms with Crippen LogP contribution in [0.4, 0.5) is 11.4 Å². The molecule has 0 fully saturated rings. The van der Waals surface area contributed by atoms with Gasteiger partial charge in [0.1, 0.15) is 6.33 Å². The van der Waals surface area contributed by atoms with Crippen molar-refractivity contribution in [3.8, 4) is 0 Å². The van der Waals surface area contributed by atoms with Crippen molar-refractivity contribution >= 4 is 17.3 Å². The van der Waals surface area contributed by atoms with Crippen molar-refractivity contribution in [1.29, 1.82) is 0 Å². The summed E-state index contributed by atoms with van der Waals surface area (Å²) in [4.78, 5) is 12.1. The minimum absolute atomic E-state index is 0.104. The normalized spacial score (nSPS) is 12.0. The summed E-state index contributed by atoms with van der Waals surface area (Å²) in [7, 11) is 1.87. The standard InChI is InChI=1S/C14H20N6O/c1-4-16-14(21)11-6-5-10(15)7-12(11)18-9(2)13-19-17-8-20(13)3/h5-9,18H,4,15H2,1-3H3,(H,16,21). The Hall–Kier alpha value is -2.57. The number of nitrogens with zero attached hydrogens (tertiary/aromatic N) is 3. The molecule has 4 N–H and O–H groups in total. The smallest absolute Gasteiger partial charge is 0.253 e. The van der Waals surface area contributed by atoms with Gasteiger partial charge in [0, 0.05) is 25.0 Å². The molecule has 1 atom stereocenters. The van der Waals surface area contributed by atoms with Crippen LogP contribution in [0.15, 0.2) is 24.5 Å². The third-order valence-electron chi connectivity index (χ3n) is 3.13. The minimum Gasteiger partial charge on any atom is -0.399 e. The number of hydrogen-bond donors (Lipinski definition) is 3. The molecule has 2 aromatic rings. The zero-order chi connectivity index (χ0) is 15.4. The van der Waals surface area contributed by atoms with Gasteiger partial charge in [0.2, 0.25) is 0 Å². The van der Waals surface area contributed by atoms with Crippen molar-refractivity contribution in [1.82, 2.24) is 20.1 Å². The van der Waals surface area contributed by atoms with Gasteiger partial charge in [0.15, 0.2) is 5.82 Å². The van der Waals surface area contributed by atoms with Crippen LogP contribution in [0.2, 0.25) is 0 Å². The molecule has 112 valence electrons. The first kappa shape index (κ1) is 14.8. The van der Waals surface area contributed by atoms with Gasteiger partial charge >= 0.3 is 0 Å². The van der Waals surface area contributed by atoms with Gasteiger partial charge in [-0.3, -0.25) is 4.79 Å². The predicted octanol–water partition coefficient (Wildman–Crippen LogP) is 1.32. The quantitative estimate of drug-likeness (QED) is 0.721. The highest BCUT2D eigenvalue weighted by Crippen LogP contribution is 2.23.